The Morgan fingerprint density at radius 2 is 2.04 bits per heavy atom. The van der Waals surface area contributed by atoms with E-state index < -0.39 is 9.96 Å². The molecule has 0 spiro atoms. The van der Waals surface area contributed by atoms with Crippen molar-refractivity contribution in [1.29, 1.82) is 5.26 Å². The van der Waals surface area contributed by atoms with Gasteiger partial charge in [-0.1, -0.05) is 52.5 Å². The first-order chi connectivity index (χ1) is 12.8. The molecule has 0 fully saturated rings. The fourth-order valence-corrected chi connectivity index (χ4v) is 4.71. The lowest BCUT2D eigenvalue weighted by Gasteiger charge is -2.27. The number of carbonyl (C=O) groups excluding carboxylic acids is 1. The second kappa shape index (κ2) is 8.28. The molecule has 4 nitrogen and oxygen atoms in total. The Morgan fingerprint density at radius 1 is 1.30 bits per heavy atom. The van der Waals surface area contributed by atoms with E-state index >= 15 is 0 Å². The van der Waals surface area contributed by atoms with E-state index in [9.17, 15) is 10.1 Å². The number of rotatable bonds is 4. The zero-order valence-corrected chi connectivity index (χ0v) is 17.7. The van der Waals surface area contributed by atoms with E-state index in [2.05, 4.69) is 16.7 Å². The summed E-state index contributed by atoms with van der Waals surface area (Å²) in [6.07, 6.45) is 3.02. The Hall–Kier alpha value is -1.45. The summed E-state index contributed by atoms with van der Waals surface area (Å²) in [5, 5.41) is 16.0. The van der Waals surface area contributed by atoms with Crippen molar-refractivity contribution in [3.8, 4) is 6.07 Å². The number of anilines is 1. The largest absolute Gasteiger partial charge is 0.352 e. The van der Waals surface area contributed by atoms with Gasteiger partial charge in [0, 0.05) is 10.4 Å². The SMILES string of the molecule is Cc1cccc(C(=O)NC(Nc2sc3c(c2C#N)CCCC3)C(Cl)(Cl)Cl)c1. The van der Waals surface area contributed by atoms with Crippen LogP contribution >= 0.6 is 46.1 Å². The third-order valence-electron chi connectivity index (χ3n) is 4.44. The Morgan fingerprint density at radius 3 is 2.70 bits per heavy atom. The van der Waals surface area contributed by atoms with Gasteiger partial charge in [0.2, 0.25) is 3.79 Å². The van der Waals surface area contributed by atoms with Crippen LogP contribution in [0.15, 0.2) is 24.3 Å². The van der Waals surface area contributed by atoms with E-state index in [1.54, 1.807) is 18.2 Å². The lowest BCUT2D eigenvalue weighted by molar-refractivity contribution is 0.0942. The molecule has 27 heavy (non-hydrogen) atoms. The predicted octanol–water partition coefficient (Wildman–Crippen LogP) is 5.35. The number of benzene rings is 1. The summed E-state index contributed by atoms with van der Waals surface area (Å²) in [7, 11) is 0. The van der Waals surface area contributed by atoms with E-state index in [0.29, 0.717) is 16.1 Å². The Balaban J connectivity index is 1.86. The number of hydrogen-bond donors (Lipinski definition) is 2. The molecular formula is C19H18Cl3N3OS. The Kier molecular flexibility index (Phi) is 6.22. The van der Waals surface area contributed by atoms with Crippen molar-refractivity contribution in [2.45, 2.75) is 42.6 Å². The number of nitrogens with zero attached hydrogens (tertiary/aromatic N) is 1. The van der Waals surface area contributed by atoms with Gasteiger partial charge in [-0.05, 0) is 50.3 Å². The summed E-state index contributed by atoms with van der Waals surface area (Å²) in [4.78, 5) is 13.8. The molecule has 2 aromatic rings. The monoisotopic (exact) mass is 441 g/mol. The Labute approximate surface area is 177 Å². The zero-order valence-electron chi connectivity index (χ0n) is 14.6. The minimum Gasteiger partial charge on any atom is -0.352 e. The first-order valence-corrected chi connectivity index (χ1v) is 10.5. The van der Waals surface area contributed by atoms with Crippen LogP contribution in [0.5, 0.6) is 0 Å². The molecule has 0 saturated carbocycles. The third kappa shape index (κ3) is 4.70. The number of halogens is 3. The maximum absolute atomic E-state index is 12.6. The molecule has 0 aliphatic heterocycles. The maximum atomic E-state index is 12.6. The highest BCUT2D eigenvalue weighted by atomic mass is 35.6. The highest BCUT2D eigenvalue weighted by Gasteiger charge is 2.36. The predicted molar refractivity (Wildman–Crippen MR) is 112 cm³/mol. The normalized spacial score (nSPS) is 14.8. The summed E-state index contributed by atoms with van der Waals surface area (Å²) in [5.74, 6) is -0.359. The average molecular weight is 443 g/mol. The van der Waals surface area contributed by atoms with Crippen LogP contribution in [-0.4, -0.2) is 15.9 Å². The van der Waals surface area contributed by atoms with Crippen LogP contribution < -0.4 is 10.6 Å². The number of nitriles is 1. The number of amides is 1. The van der Waals surface area contributed by atoms with Crippen LogP contribution in [0.2, 0.25) is 0 Å². The van der Waals surface area contributed by atoms with Crippen molar-refractivity contribution in [3.05, 3.63) is 51.4 Å². The molecule has 2 N–H and O–H groups in total. The van der Waals surface area contributed by atoms with Gasteiger partial charge in [-0.15, -0.1) is 11.3 Å². The fourth-order valence-electron chi connectivity index (χ4n) is 3.12. The number of fused-ring (bicyclic) bond motifs is 1. The molecule has 1 aliphatic carbocycles. The van der Waals surface area contributed by atoms with E-state index in [4.69, 9.17) is 34.8 Å². The second-order valence-corrected chi connectivity index (χ2v) is 9.96. The zero-order chi connectivity index (χ0) is 19.6. The molecule has 0 radical (unpaired) electrons. The quantitative estimate of drug-likeness (QED) is 0.496. The van der Waals surface area contributed by atoms with Crippen LogP contribution in [0.25, 0.3) is 0 Å². The maximum Gasteiger partial charge on any atom is 0.252 e. The van der Waals surface area contributed by atoms with Crippen LogP contribution in [0.1, 0.15) is 44.8 Å². The number of thiophene rings is 1. The van der Waals surface area contributed by atoms with Gasteiger partial charge in [0.05, 0.1) is 5.56 Å². The number of alkyl halides is 3. The van der Waals surface area contributed by atoms with Crippen molar-refractivity contribution in [2.24, 2.45) is 0 Å². The first kappa shape index (κ1) is 20.3. The molecule has 1 aromatic heterocycles. The van der Waals surface area contributed by atoms with E-state index in [-0.39, 0.29) is 5.91 Å². The van der Waals surface area contributed by atoms with Gasteiger partial charge < -0.3 is 10.6 Å². The summed E-state index contributed by atoms with van der Waals surface area (Å²) in [5.41, 5.74) is 3.09. The summed E-state index contributed by atoms with van der Waals surface area (Å²) >= 11 is 19.8. The topological polar surface area (TPSA) is 64.9 Å². The highest BCUT2D eigenvalue weighted by Crippen LogP contribution is 2.40. The van der Waals surface area contributed by atoms with Crippen LogP contribution in [0.4, 0.5) is 5.00 Å². The van der Waals surface area contributed by atoms with Crippen molar-refractivity contribution in [2.75, 3.05) is 5.32 Å². The van der Waals surface area contributed by atoms with E-state index in [0.717, 1.165) is 36.8 Å². The molecule has 0 bridgehead atoms. The molecule has 0 saturated heterocycles. The van der Waals surface area contributed by atoms with E-state index in [1.807, 2.05) is 13.0 Å². The molecule has 1 unspecified atom stereocenters. The minimum atomic E-state index is -1.79. The van der Waals surface area contributed by atoms with Crippen molar-refractivity contribution < 1.29 is 4.79 Å². The van der Waals surface area contributed by atoms with Crippen molar-refractivity contribution >= 4 is 57.0 Å². The van der Waals surface area contributed by atoms with Gasteiger partial charge in [0.15, 0.2) is 0 Å². The van der Waals surface area contributed by atoms with Crippen LogP contribution in [0, 0.1) is 18.3 Å². The standard InChI is InChI=1S/C19H18Cl3N3OS/c1-11-5-4-6-12(9-11)16(26)24-18(19(20,21)22)25-17-14(10-23)13-7-2-3-8-15(13)27-17/h4-6,9,18,25H,2-3,7-8H2,1H3,(H,24,26). The number of hydrogen-bond acceptors (Lipinski definition) is 4. The molecule has 8 heteroatoms. The molecule has 1 aliphatic rings. The third-order valence-corrected chi connectivity index (χ3v) is 6.32. The second-order valence-electron chi connectivity index (χ2n) is 6.49. The van der Waals surface area contributed by atoms with Gasteiger partial charge in [-0.3, -0.25) is 4.79 Å². The molecule has 142 valence electrons. The summed E-state index contributed by atoms with van der Waals surface area (Å²) < 4.78 is -1.79. The fraction of sp³-hybridized carbons (Fsp3) is 0.368. The van der Waals surface area contributed by atoms with Crippen LogP contribution in [0.3, 0.4) is 0 Å². The van der Waals surface area contributed by atoms with Gasteiger partial charge in [0.25, 0.3) is 5.91 Å². The highest BCUT2D eigenvalue weighted by molar-refractivity contribution is 7.16. The number of nitrogens with one attached hydrogen (secondary N) is 2. The van der Waals surface area contributed by atoms with Gasteiger partial charge >= 0.3 is 0 Å². The van der Waals surface area contributed by atoms with Crippen molar-refractivity contribution in [3.63, 3.8) is 0 Å². The molecule has 1 atom stereocenters. The van der Waals surface area contributed by atoms with Crippen molar-refractivity contribution in [1.82, 2.24) is 5.32 Å². The first-order valence-electron chi connectivity index (χ1n) is 8.55. The lowest BCUT2D eigenvalue weighted by atomic mass is 9.96. The molecular weight excluding hydrogens is 425 g/mol. The van der Waals surface area contributed by atoms with Gasteiger partial charge in [-0.2, -0.15) is 5.26 Å². The van der Waals surface area contributed by atoms with Crippen LogP contribution in [-0.2, 0) is 12.8 Å². The number of aryl methyl sites for hydroxylation is 2. The molecule has 1 aromatic carbocycles. The smallest absolute Gasteiger partial charge is 0.252 e. The molecule has 1 amide bonds. The minimum absolute atomic E-state index is 0.359. The lowest BCUT2D eigenvalue weighted by Crippen LogP contribution is -2.49. The Bertz CT molecular complexity index is 899. The molecule has 1 heterocycles. The van der Waals surface area contributed by atoms with Gasteiger partial charge in [-0.25, -0.2) is 0 Å². The van der Waals surface area contributed by atoms with E-state index in [1.165, 1.54) is 16.2 Å². The van der Waals surface area contributed by atoms with Gasteiger partial charge in [0.1, 0.15) is 17.2 Å². The number of carbonyl (C=O) groups is 1. The summed E-state index contributed by atoms with van der Waals surface area (Å²) in [6.45, 7) is 1.90. The average Bonchev–Trinajstić information content (AvgIpc) is 2.97. The summed E-state index contributed by atoms with van der Waals surface area (Å²) in [6, 6.07) is 9.41. The molecule has 3 rings (SSSR count).